The standard InChI is InChI=1S/C22H24F2N2O4/c1-29-20(27)25-22(15-3-7-18(23)8-4-15,16-5-9-19(24)10-6-16)17-11-13-26(14-12-17)21(28)30-2/h3-10,17H,11-14H2,1-2H3,(H,25,27). The first kappa shape index (κ1) is 21.5. The number of rotatable bonds is 4. The minimum atomic E-state index is -1.10. The average Bonchev–Trinajstić information content (AvgIpc) is 2.78. The highest BCUT2D eigenvalue weighted by atomic mass is 19.1. The normalized spacial score (nSPS) is 14.9. The van der Waals surface area contributed by atoms with Crippen LogP contribution >= 0.6 is 0 Å². The lowest BCUT2D eigenvalue weighted by Gasteiger charge is -2.45. The van der Waals surface area contributed by atoms with Gasteiger partial charge in [0.15, 0.2) is 0 Å². The van der Waals surface area contributed by atoms with Crippen LogP contribution in [0.4, 0.5) is 18.4 Å². The Morgan fingerprint density at radius 3 is 1.77 bits per heavy atom. The van der Waals surface area contributed by atoms with Gasteiger partial charge in [0.2, 0.25) is 0 Å². The van der Waals surface area contributed by atoms with Crippen molar-refractivity contribution in [2.45, 2.75) is 18.4 Å². The molecule has 2 aromatic carbocycles. The Hall–Kier alpha value is -3.16. The molecule has 0 aliphatic carbocycles. The number of hydrogen-bond donors (Lipinski definition) is 1. The molecule has 3 rings (SSSR count). The molecule has 0 radical (unpaired) electrons. The fraction of sp³-hybridized carbons (Fsp3) is 0.364. The van der Waals surface area contributed by atoms with E-state index < -0.39 is 29.4 Å². The molecule has 1 fully saturated rings. The van der Waals surface area contributed by atoms with Crippen molar-refractivity contribution in [2.75, 3.05) is 27.3 Å². The molecule has 6 nitrogen and oxygen atoms in total. The molecule has 1 aliphatic heterocycles. The molecule has 2 amide bonds. The molecular weight excluding hydrogens is 394 g/mol. The lowest BCUT2D eigenvalue weighted by atomic mass is 9.69. The van der Waals surface area contributed by atoms with Crippen molar-refractivity contribution >= 4 is 12.2 Å². The molecule has 1 heterocycles. The van der Waals surface area contributed by atoms with Crippen molar-refractivity contribution in [1.29, 1.82) is 0 Å². The lowest BCUT2D eigenvalue weighted by molar-refractivity contribution is 0.0860. The summed E-state index contributed by atoms with van der Waals surface area (Å²) in [4.78, 5) is 25.9. The Morgan fingerprint density at radius 1 is 0.900 bits per heavy atom. The van der Waals surface area contributed by atoms with Crippen LogP contribution in [0.1, 0.15) is 24.0 Å². The Morgan fingerprint density at radius 2 is 1.37 bits per heavy atom. The first-order chi connectivity index (χ1) is 14.4. The molecular formula is C22H24F2N2O4. The maximum Gasteiger partial charge on any atom is 0.409 e. The van der Waals surface area contributed by atoms with Crippen molar-refractivity contribution in [2.24, 2.45) is 5.92 Å². The Kier molecular flexibility index (Phi) is 6.54. The number of amides is 2. The number of alkyl carbamates (subject to hydrolysis) is 1. The molecule has 160 valence electrons. The van der Waals surface area contributed by atoms with E-state index >= 15 is 0 Å². The maximum absolute atomic E-state index is 13.7. The van der Waals surface area contributed by atoms with E-state index in [1.807, 2.05) is 0 Å². The summed E-state index contributed by atoms with van der Waals surface area (Å²) in [5, 5.41) is 2.94. The Bertz CT molecular complexity index is 834. The third-order valence-corrected chi connectivity index (χ3v) is 5.62. The van der Waals surface area contributed by atoms with Gasteiger partial charge in [-0.05, 0) is 54.2 Å². The second-order valence-electron chi connectivity index (χ2n) is 7.17. The fourth-order valence-corrected chi connectivity index (χ4v) is 4.15. The molecule has 8 heteroatoms. The van der Waals surface area contributed by atoms with Crippen molar-refractivity contribution < 1.29 is 27.8 Å². The number of halogens is 2. The van der Waals surface area contributed by atoms with Gasteiger partial charge < -0.3 is 19.7 Å². The maximum atomic E-state index is 13.7. The van der Waals surface area contributed by atoms with Gasteiger partial charge in [-0.25, -0.2) is 18.4 Å². The van der Waals surface area contributed by atoms with E-state index in [0.717, 1.165) is 0 Å². The predicted molar refractivity (Wildman–Crippen MR) is 106 cm³/mol. The minimum absolute atomic E-state index is 0.173. The highest BCUT2D eigenvalue weighted by Gasteiger charge is 2.45. The van der Waals surface area contributed by atoms with Gasteiger partial charge in [-0.3, -0.25) is 0 Å². The van der Waals surface area contributed by atoms with Crippen molar-refractivity contribution in [3.63, 3.8) is 0 Å². The highest BCUT2D eigenvalue weighted by Crippen LogP contribution is 2.42. The summed E-state index contributed by atoms with van der Waals surface area (Å²) in [5.74, 6) is -0.996. The van der Waals surface area contributed by atoms with Gasteiger partial charge in [-0.15, -0.1) is 0 Å². The molecule has 0 atom stereocenters. The van der Waals surface area contributed by atoms with Gasteiger partial charge in [-0.2, -0.15) is 0 Å². The minimum Gasteiger partial charge on any atom is -0.453 e. The van der Waals surface area contributed by atoms with E-state index in [9.17, 15) is 18.4 Å². The molecule has 0 spiro atoms. The summed E-state index contributed by atoms with van der Waals surface area (Å²) >= 11 is 0. The summed E-state index contributed by atoms with van der Waals surface area (Å²) in [6.45, 7) is 0.842. The molecule has 1 aliphatic rings. The second-order valence-corrected chi connectivity index (χ2v) is 7.17. The molecule has 0 saturated carbocycles. The monoisotopic (exact) mass is 418 g/mol. The quantitative estimate of drug-likeness (QED) is 0.814. The zero-order chi connectivity index (χ0) is 21.7. The third-order valence-electron chi connectivity index (χ3n) is 5.62. The van der Waals surface area contributed by atoms with Crippen LogP contribution in [0.3, 0.4) is 0 Å². The molecule has 0 unspecified atom stereocenters. The van der Waals surface area contributed by atoms with E-state index in [0.29, 0.717) is 37.1 Å². The number of piperidine rings is 1. The third kappa shape index (κ3) is 4.22. The zero-order valence-electron chi connectivity index (χ0n) is 16.9. The van der Waals surface area contributed by atoms with Gasteiger partial charge in [-0.1, -0.05) is 24.3 Å². The van der Waals surface area contributed by atoms with Crippen molar-refractivity contribution in [3.05, 3.63) is 71.3 Å². The fourth-order valence-electron chi connectivity index (χ4n) is 4.15. The van der Waals surface area contributed by atoms with E-state index in [2.05, 4.69) is 5.32 Å². The molecule has 0 bridgehead atoms. The van der Waals surface area contributed by atoms with Crippen LogP contribution in [-0.4, -0.2) is 44.4 Å². The smallest absolute Gasteiger partial charge is 0.409 e. The molecule has 2 aromatic rings. The summed E-state index contributed by atoms with van der Waals surface area (Å²) in [5.41, 5.74) is 0.173. The largest absolute Gasteiger partial charge is 0.453 e. The van der Waals surface area contributed by atoms with Crippen molar-refractivity contribution in [1.82, 2.24) is 10.2 Å². The number of likely N-dealkylation sites (tertiary alicyclic amines) is 1. The molecule has 1 N–H and O–H groups in total. The topological polar surface area (TPSA) is 67.9 Å². The van der Waals surface area contributed by atoms with Gasteiger partial charge in [0.1, 0.15) is 11.6 Å². The molecule has 30 heavy (non-hydrogen) atoms. The number of carbonyl (C=O) groups excluding carboxylic acids is 2. The Balaban J connectivity index is 2.10. The summed E-state index contributed by atoms with van der Waals surface area (Å²) < 4.78 is 37.0. The van der Waals surface area contributed by atoms with E-state index in [1.165, 1.54) is 38.5 Å². The average molecular weight is 418 g/mol. The number of nitrogens with one attached hydrogen (secondary N) is 1. The first-order valence-electron chi connectivity index (χ1n) is 9.61. The van der Waals surface area contributed by atoms with Crippen LogP contribution in [0.15, 0.2) is 48.5 Å². The van der Waals surface area contributed by atoms with Gasteiger partial charge in [0, 0.05) is 13.1 Å². The van der Waals surface area contributed by atoms with Crippen LogP contribution in [0.5, 0.6) is 0 Å². The van der Waals surface area contributed by atoms with E-state index in [1.54, 1.807) is 29.2 Å². The number of ether oxygens (including phenoxy) is 2. The summed E-state index contributed by atoms with van der Waals surface area (Å²) in [6, 6.07) is 11.7. The highest BCUT2D eigenvalue weighted by molar-refractivity contribution is 5.70. The number of hydrogen-bond acceptors (Lipinski definition) is 4. The van der Waals surface area contributed by atoms with Crippen LogP contribution in [-0.2, 0) is 15.0 Å². The lowest BCUT2D eigenvalue weighted by Crippen LogP contribution is -2.55. The number of carbonyl (C=O) groups is 2. The van der Waals surface area contributed by atoms with Crippen LogP contribution < -0.4 is 5.32 Å². The second kappa shape index (κ2) is 9.11. The predicted octanol–water partition coefficient (Wildman–Crippen LogP) is 4.04. The van der Waals surface area contributed by atoms with Crippen LogP contribution in [0.25, 0.3) is 0 Å². The SMILES string of the molecule is COC(=O)NC(c1ccc(F)cc1)(c1ccc(F)cc1)C1CCN(C(=O)OC)CC1. The van der Waals surface area contributed by atoms with Gasteiger partial charge in [0.25, 0.3) is 0 Å². The Labute approximate surface area is 173 Å². The van der Waals surface area contributed by atoms with Gasteiger partial charge in [0.05, 0.1) is 19.8 Å². The first-order valence-corrected chi connectivity index (χ1v) is 9.61. The van der Waals surface area contributed by atoms with Crippen LogP contribution in [0.2, 0.25) is 0 Å². The zero-order valence-corrected chi connectivity index (χ0v) is 16.9. The van der Waals surface area contributed by atoms with Gasteiger partial charge >= 0.3 is 12.2 Å². The number of benzene rings is 2. The van der Waals surface area contributed by atoms with E-state index in [-0.39, 0.29) is 5.92 Å². The summed E-state index contributed by atoms with van der Waals surface area (Å²) in [6.07, 6.45) is -0.00981. The van der Waals surface area contributed by atoms with Crippen molar-refractivity contribution in [3.8, 4) is 0 Å². The van der Waals surface area contributed by atoms with Crippen LogP contribution in [0, 0.1) is 17.6 Å². The molecule has 1 saturated heterocycles. The summed E-state index contributed by atoms with van der Waals surface area (Å²) in [7, 11) is 2.59. The van der Waals surface area contributed by atoms with E-state index in [4.69, 9.17) is 9.47 Å². The molecule has 0 aromatic heterocycles. The number of nitrogens with zero attached hydrogens (tertiary/aromatic N) is 1. The number of methoxy groups -OCH3 is 2.